The van der Waals surface area contributed by atoms with E-state index >= 15 is 0 Å². The summed E-state index contributed by atoms with van der Waals surface area (Å²) in [5.74, 6) is 0.444. The van der Waals surface area contributed by atoms with Crippen molar-refractivity contribution in [1.82, 2.24) is 0 Å². The molecule has 0 aliphatic heterocycles. The predicted octanol–water partition coefficient (Wildman–Crippen LogP) is 3.17. The normalized spacial score (nSPS) is 14.0. The Balaban J connectivity index is 3.93. The minimum atomic E-state index is -0.230. The van der Waals surface area contributed by atoms with Crippen molar-refractivity contribution in [1.29, 1.82) is 0 Å². The fourth-order valence-electron chi connectivity index (χ4n) is 0.329. The van der Waals surface area contributed by atoms with Gasteiger partial charge in [0.1, 0.15) is 5.60 Å². The molecule has 2 heteroatoms. The second-order valence-electron chi connectivity index (χ2n) is 5.04. The highest BCUT2D eigenvalue weighted by molar-refractivity contribution is 4.71. The molecule has 0 fully saturated rings. The van der Waals surface area contributed by atoms with E-state index in [-0.39, 0.29) is 11.2 Å². The molecule has 0 aromatic heterocycles. The molecule has 0 saturated heterocycles. The first kappa shape index (κ1) is 11.9. The summed E-state index contributed by atoms with van der Waals surface area (Å²) in [6.45, 7) is 14.2. The minimum Gasteiger partial charge on any atom is -0.230 e. The third-order valence-corrected chi connectivity index (χ3v) is 1.90. The molecule has 0 aliphatic rings. The molecule has 0 bridgehead atoms. The third-order valence-electron chi connectivity index (χ3n) is 1.90. The highest BCUT2D eigenvalue weighted by Gasteiger charge is 2.27. The molecule has 0 amide bonds. The zero-order valence-corrected chi connectivity index (χ0v) is 9.39. The minimum absolute atomic E-state index is 0.215. The average Bonchev–Trinajstić information content (AvgIpc) is 1.82. The fraction of sp³-hybridized carbons (Fsp3) is 1.00. The van der Waals surface area contributed by atoms with Gasteiger partial charge in [0.25, 0.3) is 0 Å². The summed E-state index contributed by atoms with van der Waals surface area (Å²) in [5, 5.41) is 0. The highest BCUT2D eigenvalue weighted by Crippen LogP contribution is 2.23. The van der Waals surface area contributed by atoms with Gasteiger partial charge in [-0.25, -0.2) is 9.78 Å². The second kappa shape index (κ2) is 3.75. The molecular formula is C10H22O2. The van der Waals surface area contributed by atoms with Crippen LogP contribution in [-0.4, -0.2) is 11.2 Å². The zero-order valence-electron chi connectivity index (χ0n) is 9.39. The Kier molecular flexibility index (Phi) is 3.73. The van der Waals surface area contributed by atoms with E-state index < -0.39 is 0 Å². The lowest BCUT2D eigenvalue weighted by Gasteiger charge is -2.31. The fourth-order valence-corrected chi connectivity index (χ4v) is 0.329. The van der Waals surface area contributed by atoms with Gasteiger partial charge in [-0.15, -0.1) is 0 Å². The van der Waals surface area contributed by atoms with Crippen LogP contribution in [-0.2, 0) is 9.78 Å². The number of rotatable bonds is 3. The molecule has 0 atom stereocenters. The first-order valence-corrected chi connectivity index (χ1v) is 4.52. The van der Waals surface area contributed by atoms with Gasteiger partial charge in [-0.1, -0.05) is 13.8 Å². The molecule has 0 aliphatic carbocycles. The summed E-state index contributed by atoms with van der Waals surface area (Å²) in [5.41, 5.74) is -0.445. The number of hydrogen-bond donors (Lipinski definition) is 0. The van der Waals surface area contributed by atoms with E-state index in [0.717, 1.165) is 0 Å². The molecule has 0 unspecified atom stereocenters. The van der Waals surface area contributed by atoms with Gasteiger partial charge in [-0.3, -0.25) is 0 Å². The Hall–Kier alpha value is -0.0800. The van der Waals surface area contributed by atoms with Gasteiger partial charge in [0, 0.05) is 0 Å². The van der Waals surface area contributed by atoms with Crippen LogP contribution in [0.3, 0.4) is 0 Å². The van der Waals surface area contributed by atoms with Gasteiger partial charge in [0.2, 0.25) is 0 Å². The van der Waals surface area contributed by atoms with Crippen LogP contribution in [0, 0.1) is 5.92 Å². The lowest BCUT2D eigenvalue weighted by molar-refractivity contribution is -0.404. The van der Waals surface area contributed by atoms with Gasteiger partial charge in [-0.05, 0) is 40.5 Å². The predicted molar refractivity (Wildman–Crippen MR) is 50.8 cm³/mol. The van der Waals surface area contributed by atoms with Crippen LogP contribution in [0.4, 0.5) is 0 Å². The molecule has 0 aromatic rings. The molecule has 0 radical (unpaired) electrons. The Morgan fingerprint density at radius 3 is 1.50 bits per heavy atom. The van der Waals surface area contributed by atoms with Gasteiger partial charge in [-0.2, -0.15) is 0 Å². The van der Waals surface area contributed by atoms with E-state index in [0.29, 0.717) is 5.92 Å². The Morgan fingerprint density at radius 1 is 0.833 bits per heavy atom. The Labute approximate surface area is 76.2 Å². The monoisotopic (exact) mass is 174 g/mol. The lowest BCUT2D eigenvalue weighted by atomic mass is 9.95. The molecule has 0 rings (SSSR count). The van der Waals surface area contributed by atoms with E-state index in [1.54, 1.807) is 0 Å². The maximum absolute atomic E-state index is 5.36. The van der Waals surface area contributed by atoms with Crippen LogP contribution < -0.4 is 0 Å². The van der Waals surface area contributed by atoms with Crippen LogP contribution in [0.2, 0.25) is 0 Å². The van der Waals surface area contributed by atoms with Crippen LogP contribution in [0.5, 0.6) is 0 Å². The maximum atomic E-state index is 5.36. The SMILES string of the molecule is CC(C)C(C)(C)OOC(C)(C)C. The number of hydrogen-bond acceptors (Lipinski definition) is 2. The molecule has 12 heavy (non-hydrogen) atoms. The summed E-state index contributed by atoms with van der Waals surface area (Å²) < 4.78 is 0. The maximum Gasteiger partial charge on any atom is 0.100 e. The van der Waals surface area contributed by atoms with Crippen molar-refractivity contribution in [2.75, 3.05) is 0 Å². The standard InChI is InChI=1S/C10H22O2/c1-8(2)10(6,7)12-11-9(3,4)5/h8H,1-7H3. The topological polar surface area (TPSA) is 18.5 Å². The van der Waals surface area contributed by atoms with Crippen molar-refractivity contribution in [3.63, 3.8) is 0 Å². The summed E-state index contributed by atoms with van der Waals surface area (Å²) in [4.78, 5) is 10.6. The third kappa shape index (κ3) is 4.73. The molecule has 0 N–H and O–H groups in total. The van der Waals surface area contributed by atoms with Crippen molar-refractivity contribution < 1.29 is 9.78 Å². The summed E-state index contributed by atoms with van der Waals surface area (Å²) in [6, 6.07) is 0. The molecule has 0 saturated carbocycles. The molecule has 0 heterocycles. The van der Waals surface area contributed by atoms with Crippen molar-refractivity contribution in [3.05, 3.63) is 0 Å². The summed E-state index contributed by atoms with van der Waals surface area (Å²) in [7, 11) is 0. The van der Waals surface area contributed by atoms with Crippen molar-refractivity contribution in [3.8, 4) is 0 Å². The Morgan fingerprint density at radius 2 is 1.25 bits per heavy atom. The molecule has 0 aromatic carbocycles. The van der Waals surface area contributed by atoms with E-state index in [2.05, 4.69) is 13.8 Å². The smallest absolute Gasteiger partial charge is 0.100 e. The zero-order chi connectivity index (χ0) is 9.99. The summed E-state index contributed by atoms with van der Waals surface area (Å²) >= 11 is 0. The lowest BCUT2D eigenvalue weighted by Crippen LogP contribution is -2.34. The van der Waals surface area contributed by atoms with Crippen molar-refractivity contribution in [2.24, 2.45) is 5.92 Å². The van der Waals surface area contributed by atoms with E-state index in [4.69, 9.17) is 9.78 Å². The van der Waals surface area contributed by atoms with Gasteiger partial charge in [0.15, 0.2) is 0 Å². The van der Waals surface area contributed by atoms with Crippen molar-refractivity contribution in [2.45, 2.75) is 59.7 Å². The van der Waals surface area contributed by atoms with E-state index in [9.17, 15) is 0 Å². The van der Waals surface area contributed by atoms with E-state index in [1.807, 2.05) is 34.6 Å². The van der Waals surface area contributed by atoms with E-state index in [1.165, 1.54) is 0 Å². The van der Waals surface area contributed by atoms with Crippen LogP contribution in [0.1, 0.15) is 48.5 Å². The second-order valence-corrected chi connectivity index (χ2v) is 5.04. The van der Waals surface area contributed by atoms with Gasteiger partial charge in [0.05, 0.1) is 5.60 Å². The Bertz CT molecular complexity index is 131. The first-order chi connectivity index (χ1) is 5.15. The largest absolute Gasteiger partial charge is 0.230 e. The van der Waals surface area contributed by atoms with Crippen LogP contribution in [0.15, 0.2) is 0 Å². The van der Waals surface area contributed by atoms with Crippen molar-refractivity contribution >= 4 is 0 Å². The molecule has 0 spiro atoms. The first-order valence-electron chi connectivity index (χ1n) is 4.52. The quantitative estimate of drug-likeness (QED) is 0.483. The van der Waals surface area contributed by atoms with Gasteiger partial charge >= 0.3 is 0 Å². The van der Waals surface area contributed by atoms with Crippen LogP contribution >= 0.6 is 0 Å². The molecular weight excluding hydrogens is 152 g/mol. The average molecular weight is 174 g/mol. The highest BCUT2D eigenvalue weighted by atomic mass is 17.2. The molecule has 74 valence electrons. The van der Waals surface area contributed by atoms with Crippen LogP contribution in [0.25, 0.3) is 0 Å². The summed E-state index contributed by atoms with van der Waals surface area (Å²) in [6.07, 6.45) is 0. The van der Waals surface area contributed by atoms with Gasteiger partial charge < -0.3 is 0 Å². The molecule has 2 nitrogen and oxygen atoms in total.